The highest BCUT2D eigenvalue weighted by Gasteiger charge is 2.38. The van der Waals surface area contributed by atoms with Crippen LogP contribution in [-0.2, 0) is 11.2 Å². The minimum absolute atomic E-state index is 0.207. The van der Waals surface area contributed by atoms with Crippen LogP contribution in [0.2, 0.25) is 5.02 Å². The Labute approximate surface area is 195 Å². The Kier molecular flexibility index (Phi) is 8.56. The number of aliphatic hydroxyl groups is 1. The minimum atomic E-state index is -5.08. The number of likely N-dealkylation sites (tertiary alicyclic amines) is 1. The van der Waals surface area contributed by atoms with Crippen LogP contribution in [0.3, 0.4) is 0 Å². The summed E-state index contributed by atoms with van der Waals surface area (Å²) < 4.78 is 31.7. The Morgan fingerprint density at radius 2 is 1.76 bits per heavy atom. The largest absolute Gasteiger partial charge is 0.490 e. The number of anilines is 1. The molecule has 0 amide bonds. The van der Waals surface area contributed by atoms with Gasteiger partial charge in [-0.2, -0.15) is 13.2 Å². The first-order valence-electron chi connectivity index (χ1n) is 10.8. The molecule has 10 heteroatoms. The van der Waals surface area contributed by atoms with Crippen molar-refractivity contribution < 1.29 is 28.2 Å². The molecule has 2 aromatic rings. The molecule has 2 saturated heterocycles. The molecule has 0 saturated carbocycles. The molecule has 0 radical (unpaired) electrons. The van der Waals surface area contributed by atoms with Gasteiger partial charge >= 0.3 is 12.1 Å². The quantitative estimate of drug-likeness (QED) is 0.681. The smallest absolute Gasteiger partial charge is 0.475 e. The second-order valence-electron chi connectivity index (χ2n) is 8.28. The van der Waals surface area contributed by atoms with E-state index in [-0.39, 0.29) is 6.10 Å². The number of β-amino-alcohol motifs (C(OH)–C–C–N with tert-alkyl or cyclic N) is 1. The number of piperidine rings is 1. The summed E-state index contributed by atoms with van der Waals surface area (Å²) in [6.45, 7) is 2.86. The van der Waals surface area contributed by atoms with Gasteiger partial charge in [0.1, 0.15) is 5.82 Å². The predicted octanol–water partition coefficient (Wildman–Crippen LogP) is 4.02. The van der Waals surface area contributed by atoms with Crippen molar-refractivity contribution in [2.45, 2.75) is 50.0 Å². The number of benzene rings is 1. The molecule has 6 nitrogen and oxygen atoms in total. The Balaban J connectivity index is 0.000000383. The summed E-state index contributed by atoms with van der Waals surface area (Å²) in [4.78, 5) is 18.3. The molecule has 180 valence electrons. The molecule has 1 aromatic heterocycles. The second kappa shape index (κ2) is 11.2. The number of alkyl halides is 3. The van der Waals surface area contributed by atoms with Gasteiger partial charge in [-0.15, -0.1) is 0 Å². The molecule has 3 heterocycles. The standard InChI is InChI=1S/C21H26ClN3O.C2HF3O2/c22-17-6-4-16(5-7-17)13-19-14-20(26)15-25(19)18-8-11-24(12-9-18)21-3-1-2-10-23-21;3-2(4,5)1(6)7/h1-7,10,18-20,26H,8-9,11-15H2;(H,6,7)/t19-,20-;/m0./s1. The maximum absolute atomic E-state index is 10.6. The van der Waals surface area contributed by atoms with Crippen molar-refractivity contribution >= 4 is 23.4 Å². The third kappa shape index (κ3) is 7.31. The molecule has 2 aliphatic rings. The number of hydrogen-bond acceptors (Lipinski definition) is 5. The van der Waals surface area contributed by atoms with E-state index < -0.39 is 12.1 Å². The van der Waals surface area contributed by atoms with Crippen molar-refractivity contribution in [3.8, 4) is 0 Å². The first kappa shape index (κ1) is 25.3. The molecule has 1 aromatic carbocycles. The van der Waals surface area contributed by atoms with Crippen molar-refractivity contribution in [3.63, 3.8) is 0 Å². The Morgan fingerprint density at radius 1 is 1.12 bits per heavy atom. The van der Waals surface area contributed by atoms with Gasteiger partial charge in [-0.25, -0.2) is 9.78 Å². The molecule has 2 aliphatic heterocycles. The van der Waals surface area contributed by atoms with E-state index in [1.54, 1.807) is 0 Å². The fourth-order valence-electron chi connectivity index (χ4n) is 4.42. The number of aliphatic carboxylic acids is 1. The molecular weight excluding hydrogens is 459 g/mol. The highest BCUT2D eigenvalue weighted by Crippen LogP contribution is 2.29. The monoisotopic (exact) mass is 485 g/mol. The first-order chi connectivity index (χ1) is 15.6. The highest BCUT2D eigenvalue weighted by molar-refractivity contribution is 6.30. The molecule has 2 fully saturated rings. The zero-order valence-electron chi connectivity index (χ0n) is 18.0. The summed E-state index contributed by atoms with van der Waals surface area (Å²) in [7, 11) is 0. The molecular formula is C23H27ClF3N3O3. The van der Waals surface area contributed by atoms with E-state index in [0.29, 0.717) is 12.1 Å². The summed E-state index contributed by atoms with van der Waals surface area (Å²) in [6, 6.07) is 15.2. The van der Waals surface area contributed by atoms with Crippen molar-refractivity contribution in [1.29, 1.82) is 0 Å². The Bertz CT molecular complexity index is 891. The minimum Gasteiger partial charge on any atom is -0.475 e. The molecule has 2 N–H and O–H groups in total. The summed E-state index contributed by atoms with van der Waals surface area (Å²) in [5, 5.41) is 18.2. The molecule has 4 rings (SSSR count). The lowest BCUT2D eigenvalue weighted by Gasteiger charge is -2.39. The van der Waals surface area contributed by atoms with E-state index in [0.717, 1.165) is 56.2 Å². The van der Waals surface area contributed by atoms with Crippen molar-refractivity contribution in [2.24, 2.45) is 0 Å². The number of carboxylic acids is 1. The van der Waals surface area contributed by atoms with E-state index in [4.69, 9.17) is 21.5 Å². The maximum Gasteiger partial charge on any atom is 0.490 e. The van der Waals surface area contributed by atoms with Crippen LogP contribution in [0.1, 0.15) is 24.8 Å². The van der Waals surface area contributed by atoms with Crippen LogP contribution >= 0.6 is 11.6 Å². The van der Waals surface area contributed by atoms with Gasteiger partial charge in [0.05, 0.1) is 6.10 Å². The normalized spacial score (nSPS) is 22.0. The Morgan fingerprint density at radius 3 is 2.30 bits per heavy atom. The number of hydrogen-bond donors (Lipinski definition) is 2. The lowest BCUT2D eigenvalue weighted by atomic mass is 9.99. The van der Waals surface area contributed by atoms with Gasteiger partial charge in [0.15, 0.2) is 0 Å². The van der Waals surface area contributed by atoms with Gasteiger partial charge in [0, 0.05) is 42.9 Å². The number of aliphatic hydroxyl groups excluding tert-OH is 1. The number of rotatable bonds is 4. The van der Waals surface area contributed by atoms with E-state index >= 15 is 0 Å². The average Bonchev–Trinajstić information content (AvgIpc) is 3.16. The van der Waals surface area contributed by atoms with Crippen LogP contribution in [0.4, 0.5) is 19.0 Å². The van der Waals surface area contributed by atoms with Crippen molar-refractivity contribution in [3.05, 3.63) is 59.2 Å². The van der Waals surface area contributed by atoms with Crippen LogP contribution < -0.4 is 4.90 Å². The van der Waals surface area contributed by atoms with E-state index in [2.05, 4.69) is 33.0 Å². The van der Waals surface area contributed by atoms with Crippen LogP contribution in [0, 0.1) is 0 Å². The van der Waals surface area contributed by atoms with Gasteiger partial charge in [-0.05, 0) is 55.5 Å². The number of nitrogens with zero attached hydrogens (tertiary/aromatic N) is 3. The molecule has 0 spiro atoms. The maximum atomic E-state index is 10.6. The van der Waals surface area contributed by atoms with Crippen LogP contribution in [0.5, 0.6) is 0 Å². The second-order valence-corrected chi connectivity index (χ2v) is 8.72. The summed E-state index contributed by atoms with van der Waals surface area (Å²) in [6.07, 6.45) is 0.667. The van der Waals surface area contributed by atoms with Gasteiger partial charge in [0.2, 0.25) is 0 Å². The summed E-state index contributed by atoms with van der Waals surface area (Å²) in [5.41, 5.74) is 1.30. The van der Waals surface area contributed by atoms with E-state index in [1.807, 2.05) is 30.5 Å². The fourth-order valence-corrected chi connectivity index (χ4v) is 4.55. The molecule has 0 unspecified atom stereocenters. The van der Waals surface area contributed by atoms with Gasteiger partial charge in [-0.3, -0.25) is 4.90 Å². The molecule has 0 aliphatic carbocycles. The van der Waals surface area contributed by atoms with Gasteiger partial charge in [0.25, 0.3) is 0 Å². The number of pyridine rings is 1. The first-order valence-corrected chi connectivity index (χ1v) is 11.2. The number of carboxylic acid groups (broad SMARTS) is 1. The lowest BCUT2D eigenvalue weighted by molar-refractivity contribution is -0.192. The predicted molar refractivity (Wildman–Crippen MR) is 119 cm³/mol. The number of carbonyl (C=O) groups is 1. The van der Waals surface area contributed by atoms with Crippen LogP contribution in [-0.4, -0.2) is 70.1 Å². The van der Waals surface area contributed by atoms with Crippen molar-refractivity contribution in [2.75, 3.05) is 24.5 Å². The summed E-state index contributed by atoms with van der Waals surface area (Å²) >= 11 is 6.01. The van der Waals surface area contributed by atoms with Gasteiger partial charge in [-0.1, -0.05) is 29.8 Å². The number of halogens is 4. The highest BCUT2D eigenvalue weighted by atomic mass is 35.5. The third-order valence-corrected chi connectivity index (χ3v) is 6.22. The molecule has 33 heavy (non-hydrogen) atoms. The zero-order chi connectivity index (χ0) is 24.0. The molecule has 0 bridgehead atoms. The zero-order valence-corrected chi connectivity index (χ0v) is 18.7. The van der Waals surface area contributed by atoms with Crippen molar-refractivity contribution in [1.82, 2.24) is 9.88 Å². The average molecular weight is 486 g/mol. The fraction of sp³-hybridized carbons (Fsp3) is 0.478. The molecule has 2 atom stereocenters. The summed E-state index contributed by atoms with van der Waals surface area (Å²) in [5.74, 6) is -1.68. The van der Waals surface area contributed by atoms with E-state index in [1.165, 1.54) is 5.56 Å². The number of aromatic nitrogens is 1. The Hall–Kier alpha value is -2.36. The topological polar surface area (TPSA) is 76.9 Å². The van der Waals surface area contributed by atoms with E-state index in [9.17, 15) is 18.3 Å². The third-order valence-electron chi connectivity index (χ3n) is 5.97. The van der Waals surface area contributed by atoms with Gasteiger partial charge < -0.3 is 15.1 Å². The van der Waals surface area contributed by atoms with Crippen LogP contribution in [0.25, 0.3) is 0 Å². The SMILES string of the molecule is O=C(O)C(F)(F)F.O[C@H]1C[C@H](Cc2ccc(Cl)cc2)N(C2CCN(c3ccccn3)CC2)C1. The lowest BCUT2D eigenvalue weighted by Crippen LogP contribution is -2.47. The van der Waals surface area contributed by atoms with Crippen LogP contribution in [0.15, 0.2) is 48.7 Å².